The van der Waals surface area contributed by atoms with Gasteiger partial charge in [0, 0.05) is 41.0 Å². The molecule has 7 heteroatoms. The zero-order chi connectivity index (χ0) is 21.3. The Balaban J connectivity index is 2.36. The van der Waals surface area contributed by atoms with Crippen LogP contribution in [0.2, 0.25) is 19.6 Å². The van der Waals surface area contributed by atoms with Crippen LogP contribution in [0.3, 0.4) is 0 Å². The number of carbonyl (C=O) groups is 1. The minimum atomic E-state index is -1.54. The van der Waals surface area contributed by atoms with E-state index in [1.54, 1.807) is 23.3 Å². The lowest BCUT2D eigenvalue weighted by atomic mass is 9.93. The van der Waals surface area contributed by atoms with Gasteiger partial charge in [-0.1, -0.05) is 39.4 Å². The predicted molar refractivity (Wildman–Crippen MR) is 118 cm³/mol. The fourth-order valence-electron chi connectivity index (χ4n) is 3.18. The van der Waals surface area contributed by atoms with E-state index < -0.39 is 14.0 Å². The predicted octanol–water partition coefficient (Wildman–Crippen LogP) is 4.56. The summed E-state index contributed by atoms with van der Waals surface area (Å²) in [5.41, 5.74) is 6.89. The van der Waals surface area contributed by atoms with Crippen LogP contribution in [0.15, 0.2) is 24.7 Å². The van der Waals surface area contributed by atoms with E-state index in [4.69, 9.17) is 0 Å². The highest BCUT2D eigenvalue weighted by Crippen LogP contribution is 2.35. The van der Waals surface area contributed by atoms with Crippen molar-refractivity contribution in [2.45, 2.75) is 52.9 Å². The van der Waals surface area contributed by atoms with Crippen molar-refractivity contribution in [3.63, 3.8) is 0 Å². The maximum atomic E-state index is 12.3. The molecule has 29 heavy (non-hydrogen) atoms. The maximum absolute atomic E-state index is 12.3. The van der Waals surface area contributed by atoms with Crippen LogP contribution >= 0.6 is 0 Å². The van der Waals surface area contributed by atoms with E-state index in [2.05, 4.69) is 46.2 Å². The lowest BCUT2D eigenvalue weighted by Gasteiger charge is -2.15. The molecule has 150 valence electrons. The van der Waals surface area contributed by atoms with Crippen molar-refractivity contribution in [2.24, 2.45) is 0 Å². The number of fused-ring (bicyclic) bond motifs is 1. The third kappa shape index (κ3) is 4.22. The highest BCUT2D eigenvalue weighted by molar-refractivity contribution is 6.83. The molecule has 3 heterocycles. The van der Waals surface area contributed by atoms with Gasteiger partial charge in [-0.15, -0.1) is 5.54 Å². The van der Waals surface area contributed by atoms with Crippen LogP contribution < -0.4 is 0 Å². The molecule has 3 rings (SSSR count). The van der Waals surface area contributed by atoms with Crippen LogP contribution in [-0.2, 0) is 6.54 Å². The maximum Gasteiger partial charge on any atom is 0.338 e. The van der Waals surface area contributed by atoms with Crippen molar-refractivity contribution in [1.82, 2.24) is 19.7 Å². The van der Waals surface area contributed by atoms with Crippen molar-refractivity contribution in [2.75, 3.05) is 0 Å². The number of hydrogen-bond donors (Lipinski definition) is 1. The monoisotopic (exact) mass is 406 g/mol. The standard InChI is InChI=1S/C22H26N4O2Si/c1-7-26-21-17(13-24-26)18(19(22(27)28)20(25-21)14(2)3)16-10-15(11-23-12-16)8-9-29(4,5)6/h10-14H,7H2,1-6H3,(H,27,28). The number of carboxylic acid groups (broad SMARTS) is 1. The summed E-state index contributed by atoms with van der Waals surface area (Å²) in [6, 6.07) is 1.91. The van der Waals surface area contributed by atoms with Crippen LogP contribution in [0, 0.1) is 11.5 Å². The van der Waals surface area contributed by atoms with E-state index >= 15 is 0 Å². The average Bonchev–Trinajstić information content (AvgIpc) is 3.07. The van der Waals surface area contributed by atoms with Gasteiger partial charge in [-0.25, -0.2) is 14.5 Å². The molecule has 0 spiro atoms. The summed E-state index contributed by atoms with van der Waals surface area (Å²) in [6.07, 6.45) is 5.10. The molecule has 0 aromatic carbocycles. The van der Waals surface area contributed by atoms with Gasteiger partial charge >= 0.3 is 5.97 Å². The normalized spacial score (nSPS) is 11.6. The number of carboxylic acids is 1. The van der Waals surface area contributed by atoms with Gasteiger partial charge in [-0.2, -0.15) is 5.10 Å². The second kappa shape index (κ2) is 7.80. The van der Waals surface area contributed by atoms with E-state index in [9.17, 15) is 9.90 Å². The van der Waals surface area contributed by atoms with Crippen LogP contribution in [0.1, 0.15) is 48.3 Å². The van der Waals surface area contributed by atoms with E-state index in [1.807, 2.05) is 26.8 Å². The molecule has 0 fully saturated rings. The van der Waals surface area contributed by atoms with Gasteiger partial charge in [0.25, 0.3) is 0 Å². The van der Waals surface area contributed by atoms with Gasteiger partial charge in [0.2, 0.25) is 0 Å². The fourth-order valence-corrected chi connectivity index (χ4v) is 3.70. The van der Waals surface area contributed by atoms with Gasteiger partial charge in [0.15, 0.2) is 5.65 Å². The summed E-state index contributed by atoms with van der Waals surface area (Å²) in [5.74, 6) is 2.16. The molecule has 0 bridgehead atoms. The zero-order valence-corrected chi connectivity index (χ0v) is 18.7. The highest BCUT2D eigenvalue weighted by atomic mass is 28.3. The smallest absolute Gasteiger partial charge is 0.338 e. The lowest BCUT2D eigenvalue weighted by molar-refractivity contribution is 0.0695. The molecule has 6 nitrogen and oxygen atoms in total. The minimum Gasteiger partial charge on any atom is -0.478 e. The number of rotatable bonds is 4. The summed E-state index contributed by atoms with van der Waals surface area (Å²) in [6.45, 7) is 13.1. The molecule has 3 aromatic heterocycles. The Morgan fingerprint density at radius 1 is 1.24 bits per heavy atom. The van der Waals surface area contributed by atoms with Crippen LogP contribution in [-0.4, -0.2) is 38.9 Å². The van der Waals surface area contributed by atoms with Crippen LogP contribution in [0.25, 0.3) is 22.2 Å². The fraction of sp³-hybridized carbons (Fsp3) is 0.364. The molecule has 3 aromatic rings. The molecule has 0 radical (unpaired) electrons. The molecular weight excluding hydrogens is 380 g/mol. The first-order chi connectivity index (χ1) is 13.6. The van der Waals surface area contributed by atoms with Crippen LogP contribution in [0.4, 0.5) is 0 Å². The molecule has 0 aliphatic rings. The van der Waals surface area contributed by atoms with Gasteiger partial charge in [-0.3, -0.25) is 4.98 Å². The summed E-state index contributed by atoms with van der Waals surface area (Å²) >= 11 is 0. The molecule has 0 saturated carbocycles. The molecule has 0 aliphatic carbocycles. The number of hydrogen-bond acceptors (Lipinski definition) is 4. The number of aromatic nitrogens is 4. The summed E-state index contributed by atoms with van der Waals surface area (Å²) < 4.78 is 1.79. The molecule has 0 unspecified atom stereocenters. The first kappa shape index (κ1) is 20.7. The summed E-state index contributed by atoms with van der Waals surface area (Å²) in [7, 11) is -1.54. The largest absolute Gasteiger partial charge is 0.478 e. The lowest BCUT2D eigenvalue weighted by Crippen LogP contribution is -2.16. The second-order valence-electron chi connectivity index (χ2n) is 8.37. The highest BCUT2D eigenvalue weighted by Gasteiger charge is 2.25. The third-order valence-electron chi connectivity index (χ3n) is 4.48. The van der Waals surface area contributed by atoms with Gasteiger partial charge in [0.1, 0.15) is 8.07 Å². The van der Waals surface area contributed by atoms with E-state index in [1.165, 1.54) is 0 Å². The van der Waals surface area contributed by atoms with Crippen molar-refractivity contribution in [3.05, 3.63) is 41.5 Å². The molecule has 1 N–H and O–H groups in total. The number of nitrogens with zero attached hydrogens (tertiary/aromatic N) is 4. The summed E-state index contributed by atoms with van der Waals surface area (Å²) in [5, 5.41) is 15.2. The SMILES string of the molecule is CCn1ncc2c(-c3cncc(C#C[Si](C)(C)C)c3)c(C(=O)O)c(C(C)C)nc21. The van der Waals surface area contributed by atoms with Crippen molar-refractivity contribution in [3.8, 4) is 22.6 Å². The molecule has 0 atom stereocenters. The van der Waals surface area contributed by atoms with Crippen LogP contribution in [0.5, 0.6) is 0 Å². The Hall–Kier alpha value is -2.98. The van der Waals surface area contributed by atoms with Gasteiger partial charge in [0.05, 0.1) is 17.5 Å². The quantitative estimate of drug-likeness (QED) is 0.507. The Morgan fingerprint density at radius 2 is 1.97 bits per heavy atom. The van der Waals surface area contributed by atoms with Crippen molar-refractivity contribution < 1.29 is 9.90 Å². The first-order valence-electron chi connectivity index (χ1n) is 9.73. The number of aromatic carboxylic acids is 1. The average molecular weight is 407 g/mol. The number of pyridine rings is 2. The Labute approximate surface area is 172 Å². The Morgan fingerprint density at radius 3 is 2.55 bits per heavy atom. The topological polar surface area (TPSA) is 80.9 Å². The zero-order valence-electron chi connectivity index (χ0n) is 17.7. The molecular formula is C22H26N4O2Si. The molecule has 0 saturated heterocycles. The molecule has 0 amide bonds. The Kier molecular flexibility index (Phi) is 5.58. The Bertz CT molecular complexity index is 1150. The van der Waals surface area contributed by atoms with Gasteiger partial charge in [-0.05, 0) is 18.9 Å². The van der Waals surface area contributed by atoms with Gasteiger partial charge < -0.3 is 5.11 Å². The van der Waals surface area contributed by atoms with E-state index in [0.717, 1.165) is 11.1 Å². The minimum absolute atomic E-state index is 0.0488. The number of aryl methyl sites for hydroxylation is 1. The van der Waals surface area contributed by atoms with E-state index in [-0.39, 0.29) is 11.5 Å². The second-order valence-corrected chi connectivity index (χ2v) is 13.1. The van der Waals surface area contributed by atoms with Crippen molar-refractivity contribution >= 4 is 25.1 Å². The summed E-state index contributed by atoms with van der Waals surface area (Å²) in [4.78, 5) is 21.3. The molecule has 0 aliphatic heterocycles. The van der Waals surface area contributed by atoms with E-state index in [0.29, 0.717) is 28.8 Å². The third-order valence-corrected chi connectivity index (χ3v) is 5.36. The first-order valence-corrected chi connectivity index (χ1v) is 13.2. The van der Waals surface area contributed by atoms with Crippen molar-refractivity contribution in [1.29, 1.82) is 0 Å².